The summed E-state index contributed by atoms with van der Waals surface area (Å²) in [6.07, 6.45) is 5.15. The van der Waals surface area contributed by atoms with Crippen LogP contribution in [0.15, 0.2) is 53.5 Å². The number of anilines is 1. The Morgan fingerprint density at radius 3 is 2.79 bits per heavy atom. The number of nitrogens with zero attached hydrogens (tertiary/aromatic N) is 5. The maximum absolute atomic E-state index is 11.5. The molecular weight excluding hydrogens is 358 g/mol. The smallest absolute Gasteiger partial charge is 0.373 e. The maximum atomic E-state index is 11.5. The molecule has 0 radical (unpaired) electrons. The average Bonchev–Trinajstić information content (AvgIpc) is 3.23. The monoisotopic (exact) mass is 379 g/mol. The normalized spacial score (nSPS) is 14.8. The number of esters is 1. The SMILES string of the molecule is COC(=O)c1ccc(CN2CCN(c3cc(-c4cccnc4)ncn3)CC2)o1. The lowest BCUT2D eigenvalue weighted by atomic mass is 10.2. The molecule has 0 amide bonds. The van der Waals surface area contributed by atoms with E-state index < -0.39 is 5.97 Å². The molecule has 0 unspecified atom stereocenters. The lowest BCUT2D eigenvalue weighted by molar-refractivity contribution is 0.0561. The third-order valence-corrected chi connectivity index (χ3v) is 4.73. The number of rotatable bonds is 5. The number of hydrogen-bond donors (Lipinski definition) is 0. The Balaban J connectivity index is 1.37. The number of piperazine rings is 1. The summed E-state index contributed by atoms with van der Waals surface area (Å²) in [7, 11) is 1.34. The van der Waals surface area contributed by atoms with Crippen LogP contribution in [0.3, 0.4) is 0 Å². The van der Waals surface area contributed by atoms with Crippen LogP contribution in [0.4, 0.5) is 5.82 Å². The van der Waals surface area contributed by atoms with Crippen molar-refractivity contribution >= 4 is 11.8 Å². The van der Waals surface area contributed by atoms with E-state index in [1.165, 1.54) is 7.11 Å². The van der Waals surface area contributed by atoms with E-state index in [1.807, 2.05) is 24.3 Å². The average molecular weight is 379 g/mol. The number of hydrogen-bond acceptors (Lipinski definition) is 8. The van der Waals surface area contributed by atoms with E-state index in [0.717, 1.165) is 49.0 Å². The van der Waals surface area contributed by atoms with Gasteiger partial charge < -0.3 is 14.1 Å². The fourth-order valence-electron chi connectivity index (χ4n) is 3.22. The van der Waals surface area contributed by atoms with E-state index >= 15 is 0 Å². The van der Waals surface area contributed by atoms with Crippen molar-refractivity contribution in [3.05, 3.63) is 60.6 Å². The summed E-state index contributed by atoms with van der Waals surface area (Å²) < 4.78 is 10.2. The molecule has 0 aliphatic carbocycles. The van der Waals surface area contributed by atoms with E-state index in [1.54, 1.807) is 24.8 Å². The second-order valence-electron chi connectivity index (χ2n) is 6.52. The first-order chi connectivity index (χ1) is 13.7. The minimum atomic E-state index is -0.454. The van der Waals surface area contributed by atoms with Crippen LogP contribution in [-0.2, 0) is 11.3 Å². The molecule has 0 N–H and O–H groups in total. The molecule has 4 rings (SSSR count). The minimum Gasteiger partial charge on any atom is -0.463 e. The van der Waals surface area contributed by atoms with Gasteiger partial charge in [-0.25, -0.2) is 14.8 Å². The predicted octanol–water partition coefficient (Wildman–Crippen LogP) is 2.24. The molecule has 3 aromatic rings. The molecule has 8 nitrogen and oxygen atoms in total. The van der Waals surface area contributed by atoms with E-state index in [9.17, 15) is 4.79 Å². The summed E-state index contributed by atoms with van der Waals surface area (Å²) in [5, 5.41) is 0. The Hall–Kier alpha value is -3.26. The van der Waals surface area contributed by atoms with Gasteiger partial charge in [0.1, 0.15) is 17.9 Å². The second kappa shape index (κ2) is 8.18. The van der Waals surface area contributed by atoms with Gasteiger partial charge in [-0.15, -0.1) is 0 Å². The van der Waals surface area contributed by atoms with Crippen molar-refractivity contribution in [2.45, 2.75) is 6.54 Å². The number of pyridine rings is 1. The quantitative estimate of drug-likeness (QED) is 0.624. The van der Waals surface area contributed by atoms with Crippen molar-refractivity contribution in [1.29, 1.82) is 0 Å². The fraction of sp³-hybridized carbons (Fsp3) is 0.300. The number of carbonyl (C=O) groups is 1. The Morgan fingerprint density at radius 1 is 1.18 bits per heavy atom. The van der Waals surface area contributed by atoms with Crippen LogP contribution in [0, 0.1) is 0 Å². The molecule has 1 aliphatic heterocycles. The first-order valence-corrected chi connectivity index (χ1v) is 9.10. The van der Waals surface area contributed by atoms with Crippen LogP contribution in [0.2, 0.25) is 0 Å². The third-order valence-electron chi connectivity index (χ3n) is 4.73. The van der Waals surface area contributed by atoms with Gasteiger partial charge in [-0.1, -0.05) is 0 Å². The van der Waals surface area contributed by atoms with Gasteiger partial charge in [-0.05, 0) is 24.3 Å². The second-order valence-corrected chi connectivity index (χ2v) is 6.52. The largest absolute Gasteiger partial charge is 0.463 e. The Labute approximate surface area is 162 Å². The van der Waals surface area contributed by atoms with Gasteiger partial charge in [0.25, 0.3) is 0 Å². The zero-order chi connectivity index (χ0) is 19.3. The molecule has 8 heteroatoms. The minimum absolute atomic E-state index is 0.236. The fourth-order valence-corrected chi connectivity index (χ4v) is 3.22. The maximum Gasteiger partial charge on any atom is 0.373 e. The highest BCUT2D eigenvalue weighted by Crippen LogP contribution is 2.21. The van der Waals surface area contributed by atoms with Crippen molar-refractivity contribution < 1.29 is 13.9 Å². The van der Waals surface area contributed by atoms with Gasteiger partial charge in [0.2, 0.25) is 5.76 Å². The zero-order valence-corrected chi connectivity index (χ0v) is 15.6. The van der Waals surface area contributed by atoms with E-state index in [4.69, 9.17) is 4.42 Å². The van der Waals surface area contributed by atoms with Gasteiger partial charge >= 0.3 is 5.97 Å². The lowest BCUT2D eigenvalue weighted by Crippen LogP contribution is -2.46. The van der Waals surface area contributed by atoms with Gasteiger partial charge in [-0.2, -0.15) is 0 Å². The highest BCUT2D eigenvalue weighted by atomic mass is 16.5. The number of furan rings is 1. The summed E-state index contributed by atoms with van der Waals surface area (Å²) in [5.74, 6) is 1.46. The predicted molar refractivity (Wildman–Crippen MR) is 103 cm³/mol. The van der Waals surface area contributed by atoms with Crippen LogP contribution in [-0.4, -0.2) is 59.1 Å². The molecule has 1 fully saturated rings. The van der Waals surface area contributed by atoms with Crippen molar-refractivity contribution in [3.8, 4) is 11.3 Å². The Bertz CT molecular complexity index is 936. The molecule has 0 spiro atoms. The molecule has 3 aromatic heterocycles. The summed E-state index contributed by atoms with van der Waals surface area (Å²) >= 11 is 0. The van der Waals surface area contributed by atoms with Crippen molar-refractivity contribution in [3.63, 3.8) is 0 Å². The summed E-state index contributed by atoms with van der Waals surface area (Å²) in [6.45, 7) is 4.12. The molecule has 1 aliphatic rings. The number of ether oxygens (including phenoxy) is 1. The van der Waals surface area contributed by atoms with Crippen molar-refractivity contribution in [1.82, 2.24) is 19.9 Å². The molecule has 0 saturated carbocycles. The zero-order valence-electron chi connectivity index (χ0n) is 15.6. The Kier molecular flexibility index (Phi) is 5.29. The number of methoxy groups -OCH3 is 1. The summed E-state index contributed by atoms with van der Waals surface area (Å²) in [4.78, 5) is 29.0. The van der Waals surface area contributed by atoms with Gasteiger partial charge in [0.05, 0.1) is 19.3 Å². The van der Waals surface area contributed by atoms with Crippen LogP contribution in [0.25, 0.3) is 11.3 Å². The van der Waals surface area contributed by atoms with Crippen LogP contribution in [0.5, 0.6) is 0 Å². The number of carbonyl (C=O) groups excluding carboxylic acids is 1. The van der Waals surface area contributed by atoms with Gasteiger partial charge in [0, 0.05) is 50.2 Å². The molecule has 4 heterocycles. The van der Waals surface area contributed by atoms with Gasteiger partial charge in [0.15, 0.2) is 0 Å². The summed E-state index contributed by atoms with van der Waals surface area (Å²) in [5.41, 5.74) is 1.84. The molecule has 28 heavy (non-hydrogen) atoms. The molecule has 0 atom stereocenters. The van der Waals surface area contributed by atoms with E-state index in [0.29, 0.717) is 6.54 Å². The van der Waals surface area contributed by atoms with Crippen LogP contribution < -0.4 is 4.90 Å². The molecular formula is C20H21N5O3. The third kappa shape index (κ3) is 4.01. The summed E-state index contributed by atoms with van der Waals surface area (Å²) in [6, 6.07) is 9.36. The first-order valence-electron chi connectivity index (χ1n) is 9.10. The molecule has 0 bridgehead atoms. The van der Waals surface area contributed by atoms with E-state index in [-0.39, 0.29) is 5.76 Å². The Morgan fingerprint density at radius 2 is 2.04 bits per heavy atom. The standard InChI is InChI=1S/C20H21N5O3/c1-27-20(26)18-5-4-16(28-18)13-24-7-9-25(10-8-24)19-11-17(22-14-23-19)15-3-2-6-21-12-15/h2-6,11-12,14H,7-10,13H2,1H3. The highest BCUT2D eigenvalue weighted by Gasteiger charge is 2.20. The van der Waals surface area contributed by atoms with Crippen LogP contribution >= 0.6 is 0 Å². The number of aromatic nitrogens is 3. The molecule has 0 aromatic carbocycles. The molecule has 1 saturated heterocycles. The van der Waals surface area contributed by atoms with Crippen molar-refractivity contribution in [2.24, 2.45) is 0 Å². The van der Waals surface area contributed by atoms with Crippen LogP contribution in [0.1, 0.15) is 16.3 Å². The van der Waals surface area contributed by atoms with E-state index in [2.05, 4.69) is 29.5 Å². The lowest BCUT2D eigenvalue weighted by Gasteiger charge is -2.35. The van der Waals surface area contributed by atoms with Gasteiger partial charge in [-0.3, -0.25) is 9.88 Å². The molecule has 144 valence electrons. The van der Waals surface area contributed by atoms with Crippen molar-refractivity contribution in [2.75, 3.05) is 38.2 Å². The highest BCUT2D eigenvalue weighted by molar-refractivity contribution is 5.86. The first kappa shape index (κ1) is 18.1. The topological polar surface area (TPSA) is 84.6 Å².